The SMILES string of the molecule is CN1C(=O)CC[C@@H](Nc2cnc(C#N)cn2)[C@@H]1c1ccnn1C. The predicted octanol–water partition coefficient (Wildman–Crippen LogP) is 0.856. The molecule has 1 saturated heterocycles. The van der Waals surface area contributed by atoms with E-state index in [1.807, 2.05) is 19.2 Å². The monoisotopic (exact) mass is 311 g/mol. The van der Waals surface area contributed by atoms with Gasteiger partial charge in [-0.15, -0.1) is 0 Å². The molecular formula is C15H17N7O. The Labute approximate surface area is 133 Å². The lowest BCUT2D eigenvalue weighted by Crippen LogP contribution is -2.47. The molecule has 1 amide bonds. The fourth-order valence-corrected chi connectivity index (χ4v) is 2.92. The van der Waals surface area contributed by atoms with Crippen molar-refractivity contribution < 1.29 is 4.79 Å². The van der Waals surface area contributed by atoms with Gasteiger partial charge in [0.25, 0.3) is 0 Å². The van der Waals surface area contributed by atoms with E-state index in [2.05, 4.69) is 20.4 Å². The van der Waals surface area contributed by atoms with Gasteiger partial charge in [-0.3, -0.25) is 9.48 Å². The van der Waals surface area contributed by atoms with Crippen LogP contribution in [0, 0.1) is 11.3 Å². The van der Waals surface area contributed by atoms with E-state index >= 15 is 0 Å². The van der Waals surface area contributed by atoms with Gasteiger partial charge in [-0.2, -0.15) is 10.4 Å². The van der Waals surface area contributed by atoms with E-state index in [-0.39, 0.29) is 23.7 Å². The van der Waals surface area contributed by atoms with Crippen LogP contribution in [-0.4, -0.2) is 43.6 Å². The minimum Gasteiger partial charge on any atom is -0.364 e. The van der Waals surface area contributed by atoms with Crippen LogP contribution >= 0.6 is 0 Å². The number of likely N-dealkylation sites (tertiary alicyclic amines) is 1. The maximum Gasteiger partial charge on any atom is 0.223 e. The molecule has 2 aromatic heterocycles. The summed E-state index contributed by atoms with van der Waals surface area (Å²) in [6.45, 7) is 0. The van der Waals surface area contributed by atoms with Crippen molar-refractivity contribution in [3.8, 4) is 6.07 Å². The van der Waals surface area contributed by atoms with Crippen LogP contribution in [0.25, 0.3) is 0 Å². The zero-order chi connectivity index (χ0) is 16.4. The Hall–Kier alpha value is -2.95. The Kier molecular flexibility index (Phi) is 3.93. The highest BCUT2D eigenvalue weighted by atomic mass is 16.2. The van der Waals surface area contributed by atoms with E-state index in [1.165, 1.54) is 12.4 Å². The standard InChI is InChI=1S/C15H17N7O/c1-21-14(23)4-3-11(15(21)12-5-6-19-22(12)2)20-13-9-17-10(7-16)8-18-13/h5-6,8-9,11,15H,3-4H2,1-2H3,(H,18,20)/t11-,15-/m1/s1. The molecule has 1 fully saturated rings. The average Bonchev–Trinajstić information content (AvgIpc) is 2.98. The van der Waals surface area contributed by atoms with Gasteiger partial charge in [0.1, 0.15) is 11.9 Å². The number of likely N-dealkylation sites (N-methyl/N-ethyl adjacent to an activating group) is 1. The van der Waals surface area contributed by atoms with Gasteiger partial charge in [-0.05, 0) is 12.5 Å². The van der Waals surface area contributed by atoms with Crippen LogP contribution in [0.5, 0.6) is 0 Å². The third kappa shape index (κ3) is 2.85. The Morgan fingerprint density at radius 2 is 2.17 bits per heavy atom. The summed E-state index contributed by atoms with van der Waals surface area (Å²) in [5.41, 5.74) is 1.23. The summed E-state index contributed by atoms with van der Waals surface area (Å²) in [5, 5.41) is 16.3. The number of aromatic nitrogens is 4. The number of nitriles is 1. The van der Waals surface area contributed by atoms with Gasteiger partial charge in [0, 0.05) is 26.7 Å². The van der Waals surface area contributed by atoms with Crippen molar-refractivity contribution in [3.05, 3.63) is 36.0 Å². The molecule has 0 bridgehead atoms. The van der Waals surface area contributed by atoms with E-state index in [4.69, 9.17) is 5.26 Å². The highest BCUT2D eigenvalue weighted by Crippen LogP contribution is 2.32. The fraction of sp³-hybridized carbons (Fsp3) is 0.400. The van der Waals surface area contributed by atoms with Crippen molar-refractivity contribution in [1.29, 1.82) is 5.26 Å². The number of rotatable bonds is 3. The van der Waals surface area contributed by atoms with Gasteiger partial charge >= 0.3 is 0 Å². The van der Waals surface area contributed by atoms with Gasteiger partial charge in [-0.25, -0.2) is 9.97 Å². The highest BCUT2D eigenvalue weighted by molar-refractivity contribution is 5.77. The molecule has 2 atom stereocenters. The van der Waals surface area contributed by atoms with Gasteiger partial charge in [-0.1, -0.05) is 0 Å². The van der Waals surface area contributed by atoms with E-state index < -0.39 is 0 Å². The highest BCUT2D eigenvalue weighted by Gasteiger charge is 2.36. The lowest BCUT2D eigenvalue weighted by Gasteiger charge is -2.39. The largest absolute Gasteiger partial charge is 0.364 e. The Morgan fingerprint density at radius 1 is 1.35 bits per heavy atom. The minimum absolute atomic E-state index is 0.00432. The predicted molar refractivity (Wildman–Crippen MR) is 82.1 cm³/mol. The van der Waals surface area contributed by atoms with Crippen molar-refractivity contribution in [2.75, 3.05) is 12.4 Å². The summed E-state index contributed by atoms with van der Waals surface area (Å²) in [5.74, 6) is 0.698. The van der Waals surface area contributed by atoms with Crippen LogP contribution in [0.3, 0.4) is 0 Å². The molecule has 8 nitrogen and oxygen atoms in total. The van der Waals surface area contributed by atoms with Crippen molar-refractivity contribution >= 4 is 11.7 Å². The zero-order valence-electron chi connectivity index (χ0n) is 13.0. The van der Waals surface area contributed by atoms with Crippen LogP contribution in [0.4, 0.5) is 5.82 Å². The van der Waals surface area contributed by atoms with Gasteiger partial charge in [0.2, 0.25) is 5.91 Å². The van der Waals surface area contributed by atoms with E-state index in [0.29, 0.717) is 18.7 Å². The van der Waals surface area contributed by atoms with E-state index in [0.717, 1.165) is 5.69 Å². The molecule has 118 valence electrons. The molecule has 1 aliphatic heterocycles. The molecule has 3 heterocycles. The van der Waals surface area contributed by atoms with Crippen LogP contribution in [0.15, 0.2) is 24.7 Å². The molecule has 1 aliphatic rings. The molecule has 8 heteroatoms. The zero-order valence-corrected chi connectivity index (χ0v) is 13.0. The van der Waals surface area contributed by atoms with Crippen molar-refractivity contribution in [3.63, 3.8) is 0 Å². The number of hydrogen-bond donors (Lipinski definition) is 1. The second-order valence-electron chi connectivity index (χ2n) is 5.52. The molecule has 2 aromatic rings. The van der Waals surface area contributed by atoms with E-state index in [1.54, 1.807) is 22.8 Å². The first-order valence-corrected chi connectivity index (χ1v) is 7.32. The number of nitrogens with zero attached hydrogens (tertiary/aromatic N) is 6. The van der Waals surface area contributed by atoms with Crippen LogP contribution in [0.2, 0.25) is 0 Å². The lowest BCUT2D eigenvalue weighted by atomic mass is 9.93. The maximum absolute atomic E-state index is 12.1. The molecule has 23 heavy (non-hydrogen) atoms. The third-order valence-corrected chi connectivity index (χ3v) is 4.12. The number of carbonyl (C=O) groups excluding carboxylic acids is 1. The maximum atomic E-state index is 12.1. The molecule has 0 unspecified atom stereocenters. The first-order chi connectivity index (χ1) is 11.1. The summed E-state index contributed by atoms with van der Waals surface area (Å²) in [6, 6.07) is 3.72. The Bertz CT molecular complexity index is 746. The van der Waals surface area contributed by atoms with Crippen molar-refractivity contribution in [2.24, 2.45) is 7.05 Å². The lowest BCUT2D eigenvalue weighted by molar-refractivity contribution is -0.135. The molecule has 3 rings (SSSR count). The molecule has 0 aliphatic carbocycles. The van der Waals surface area contributed by atoms with Gasteiger partial charge < -0.3 is 10.2 Å². The smallest absolute Gasteiger partial charge is 0.223 e. The number of anilines is 1. The Morgan fingerprint density at radius 3 is 2.78 bits per heavy atom. The normalized spacial score (nSPS) is 21.1. The number of nitrogens with one attached hydrogen (secondary N) is 1. The Balaban J connectivity index is 1.87. The quantitative estimate of drug-likeness (QED) is 0.902. The second kappa shape index (κ2) is 6.04. The summed E-state index contributed by atoms with van der Waals surface area (Å²) in [4.78, 5) is 22.1. The molecule has 0 spiro atoms. The number of amides is 1. The van der Waals surface area contributed by atoms with Crippen LogP contribution < -0.4 is 5.32 Å². The van der Waals surface area contributed by atoms with Crippen molar-refractivity contribution in [1.82, 2.24) is 24.6 Å². The number of hydrogen-bond acceptors (Lipinski definition) is 6. The van der Waals surface area contributed by atoms with Gasteiger partial charge in [0.05, 0.1) is 30.2 Å². The fourth-order valence-electron chi connectivity index (χ4n) is 2.92. The van der Waals surface area contributed by atoms with Crippen LogP contribution in [0.1, 0.15) is 30.3 Å². The minimum atomic E-state index is -0.138. The third-order valence-electron chi connectivity index (χ3n) is 4.12. The first kappa shape index (κ1) is 15.0. The summed E-state index contributed by atoms with van der Waals surface area (Å²) in [7, 11) is 3.67. The topological polar surface area (TPSA) is 99.7 Å². The van der Waals surface area contributed by atoms with Crippen LogP contribution in [-0.2, 0) is 11.8 Å². The number of aryl methyl sites for hydroxylation is 1. The van der Waals surface area contributed by atoms with Gasteiger partial charge in [0.15, 0.2) is 5.69 Å². The summed E-state index contributed by atoms with van der Waals surface area (Å²) < 4.78 is 1.78. The molecule has 0 saturated carbocycles. The van der Waals surface area contributed by atoms with E-state index in [9.17, 15) is 4.79 Å². The first-order valence-electron chi connectivity index (χ1n) is 7.32. The molecule has 0 radical (unpaired) electrons. The summed E-state index contributed by atoms with van der Waals surface area (Å²) >= 11 is 0. The number of piperidine rings is 1. The number of carbonyl (C=O) groups is 1. The van der Waals surface area contributed by atoms with Crippen molar-refractivity contribution in [2.45, 2.75) is 24.9 Å². The average molecular weight is 311 g/mol. The summed E-state index contributed by atoms with van der Waals surface area (Å²) in [6.07, 6.45) is 5.86. The molecule has 1 N–H and O–H groups in total. The second-order valence-corrected chi connectivity index (χ2v) is 5.52. The molecular weight excluding hydrogens is 294 g/mol. The molecule has 0 aromatic carbocycles.